The van der Waals surface area contributed by atoms with Crippen LogP contribution in [0.1, 0.15) is 5.69 Å². The quantitative estimate of drug-likeness (QED) is 0.935. The van der Waals surface area contributed by atoms with Gasteiger partial charge in [-0.2, -0.15) is 4.98 Å². The van der Waals surface area contributed by atoms with E-state index in [1.807, 2.05) is 37.3 Å². The van der Waals surface area contributed by atoms with Crippen molar-refractivity contribution < 1.29 is 4.74 Å². The second-order valence-corrected chi connectivity index (χ2v) is 5.84. The van der Waals surface area contributed by atoms with Gasteiger partial charge in [-0.25, -0.2) is 4.98 Å². The van der Waals surface area contributed by atoms with Gasteiger partial charge in [-0.15, -0.1) is 0 Å². The van der Waals surface area contributed by atoms with Gasteiger partial charge < -0.3 is 19.9 Å². The summed E-state index contributed by atoms with van der Waals surface area (Å²) in [6.45, 7) is 5.99. The van der Waals surface area contributed by atoms with E-state index in [0.717, 1.165) is 55.1 Å². The molecule has 1 aromatic carbocycles. The Morgan fingerprint density at radius 3 is 2.61 bits per heavy atom. The minimum absolute atomic E-state index is 0.795. The van der Waals surface area contributed by atoms with E-state index in [1.165, 1.54) is 0 Å². The van der Waals surface area contributed by atoms with E-state index in [0.29, 0.717) is 0 Å². The zero-order valence-corrected chi connectivity index (χ0v) is 13.9. The van der Waals surface area contributed by atoms with Crippen LogP contribution in [0.4, 0.5) is 17.5 Å². The van der Waals surface area contributed by atoms with E-state index >= 15 is 0 Å². The number of methoxy groups -OCH3 is 1. The predicted octanol–water partition coefficient (Wildman–Crippen LogP) is 2.29. The van der Waals surface area contributed by atoms with Gasteiger partial charge in [-0.1, -0.05) is 6.07 Å². The van der Waals surface area contributed by atoms with Crippen LogP contribution < -0.4 is 15.0 Å². The predicted molar refractivity (Wildman–Crippen MR) is 92.8 cm³/mol. The summed E-state index contributed by atoms with van der Waals surface area (Å²) in [5, 5.41) is 3.34. The summed E-state index contributed by atoms with van der Waals surface area (Å²) in [5.41, 5.74) is 1.91. The number of ether oxygens (including phenoxy) is 1. The number of hydrogen-bond acceptors (Lipinski definition) is 6. The van der Waals surface area contributed by atoms with Crippen molar-refractivity contribution >= 4 is 17.5 Å². The molecule has 3 rings (SSSR count). The maximum absolute atomic E-state index is 5.26. The fourth-order valence-electron chi connectivity index (χ4n) is 2.61. The van der Waals surface area contributed by atoms with Gasteiger partial charge in [0.15, 0.2) is 0 Å². The average Bonchev–Trinajstić information content (AvgIpc) is 2.55. The number of nitrogens with zero attached hydrogens (tertiary/aromatic N) is 4. The molecule has 0 bridgehead atoms. The molecule has 0 aliphatic carbocycles. The molecule has 2 aromatic rings. The fraction of sp³-hybridized carbons (Fsp3) is 0.412. The number of aromatic nitrogens is 2. The molecule has 0 radical (unpaired) electrons. The number of benzene rings is 1. The molecule has 1 aliphatic rings. The highest BCUT2D eigenvalue weighted by Crippen LogP contribution is 2.22. The van der Waals surface area contributed by atoms with Gasteiger partial charge in [0.1, 0.15) is 11.6 Å². The molecule has 1 aromatic heterocycles. The first-order chi connectivity index (χ1) is 11.1. The molecule has 1 fully saturated rings. The molecule has 6 nitrogen and oxygen atoms in total. The molecular formula is C17H23N5O. The van der Waals surface area contributed by atoms with Crippen molar-refractivity contribution in [3.8, 4) is 5.75 Å². The van der Waals surface area contributed by atoms with Gasteiger partial charge in [0.05, 0.1) is 7.11 Å². The van der Waals surface area contributed by atoms with Crippen molar-refractivity contribution in [2.45, 2.75) is 6.92 Å². The molecule has 2 heterocycles. The van der Waals surface area contributed by atoms with E-state index in [1.54, 1.807) is 7.11 Å². The minimum Gasteiger partial charge on any atom is -0.497 e. The first-order valence-corrected chi connectivity index (χ1v) is 7.84. The Hall–Kier alpha value is -2.34. The van der Waals surface area contributed by atoms with Gasteiger partial charge in [0.2, 0.25) is 5.95 Å². The Bertz CT molecular complexity index is 668. The molecule has 0 spiro atoms. The van der Waals surface area contributed by atoms with Gasteiger partial charge in [-0.3, -0.25) is 0 Å². The number of aryl methyl sites for hydroxylation is 1. The lowest BCUT2D eigenvalue weighted by Crippen LogP contribution is -2.45. The SMILES string of the molecule is COc1cccc(Nc2cc(C)nc(N3CCN(C)CC3)n2)c1. The largest absolute Gasteiger partial charge is 0.497 e. The van der Waals surface area contributed by atoms with Crippen molar-refractivity contribution in [2.75, 3.05) is 50.6 Å². The molecule has 1 N–H and O–H groups in total. The lowest BCUT2D eigenvalue weighted by Gasteiger charge is -2.32. The number of hydrogen-bond donors (Lipinski definition) is 1. The second kappa shape index (κ2) is 6.83. The minimum atomic E-state index is 0.795. The summed E-state index contributed by atoms with van der Waals surface area (Å²) in [6.07, 6.45) is 0. The molecule has 0 unspecified atom stereocenters. The third-order valence-electron chi connectivity index (χ3n) is 3.97. The first-order valence-electron chi connectivity index (χ1n) is 7.84. The third kappa shape index (κ3) is 3.90. The number of anilines is 3. The summed E-state index contributed by atoms with van der Waals surface area (Å²) in [6, 6.07) is 9.78. The van der Waals surface area contributed by atoms with E-state index in [2.05, 4.69) is 32.1 Å². The molecule has 6 heteroatoms. The molecule has 0 amide bonds. The highest BCUT2D eigenvalue weighted by molar-refractivity contribution is 5.59. The van der Waals surface area contributed by atoms with Gasteiger partial charge >= 0.3 is 0 Å². The second-order valence-electron chi connectivity index (χ2n) is 5.84. The lowest BCUT2D eigenvalue weighted by atomic mass is 10.3. The number of rotatable bonds is 4. The van der Waals surface area contributed by atoms with Crippen molar-refractivity contribution in [1.29, 1.82) is 0 Å². The number of nitrogens with one attached hydrogen (secondary N) is 1. The third-order valence-corrected chi connectivity index (χ3v) is 3.97. The Morgan fingerprint density at radius 1 is 1.09 bits per heavy atom. The summed E-state index contributed by atoms with van der Waals surface area (Å²) in [5.74, 6) is 2.42. The molecule has 1 aliphatic heterocycles. The van der Waals surface area contributed by atoms with Gasteiger partial charge in [0.25, 0.3) is 0 Å². The Kier molecular flexibility index (Phi) is 4.62. The summed E-state index contributed by atoms with van der Waals surface area (Å²) in [7, 11) is 3.81. The molecule has 0 atom stereocenters. The molecule has 23 heavy (non-hydrogen) atoms. The maximum atomic E-state index is 5.26. The zero-order chi connectivity index (χ0) is 16.2. The van der Waals surface area contributed by atoms with Crippen LogP contribution in [0.3, 0.4) is 0 Å². The van der Waals surface area contributed by atoms with E-state index < -0.39 is 0 Å². The van der Waals surface area contributed by atoms with Crippen LogP contribution in [0.2, 0.25) is 0 Å². The van der Waals surface area contributed by atoms with Gasteiger partial charge in [-0.05, 0) is 26.1 Å². The van der Waals surface area contributed by atoms with Crippen molar-refractivity contribution in [2.24, 2.45) is 0 Å². The zero-order valence-electron chi connectivity index (χ0n) is 13.9. The fourth-order valence-corrected chi connectivity index (χ4v) is 2.61. The lowest BCUT2D eigenvalue weighted by molar-refractivity contribution is 0.311. The monoisotopic (exact) mass is 313 g/mol. The van der Waals surface area contributed by atoms with Crippen LogP contribution in [0.25, 0.3) is 0 Å². The molecule has 1 saturated heterocycles. The van der Waals surface area contributed by atoms with Crippen LogP contribution in [-0.2, 0) is 0 Å². The maximum Gasteiger partial charge on any atom is 0.227 e. The van der Waals surface area contributed by atoms with E-state index in [-0.39, 0.29) is 0 Å². The normalized spacial score (nSPS) is 15.5. The number of piperazine rings is 1. The smallest absolute Gasteiger partial charge is 0.227 e. The summed E-state index contributed by atoms with van der Waals surface area (Å²) >= 11 is 0. The summed E-state index contributed by atoms with van der Waals surface area (Å²) < 4.78 is 5.26. The van der Waals surface area contributed by atoms with Gasteiger partial charge in [0, 0.05) is 49.7 Å². The Balaban J connectivity index is 1.79. The van der Waals surface area contributed by atoms with Crippen molar-refractivity contribution in [1.82, 2.24) is 14.9 Å². The molecular weight excluding hydrogens is 290 g/mol. The molecule has 0 saturated carbocycles. The Morgan fingerprint density at radius 2 is 1.87 bits per heavy atom. The highest BCUT2D eigenvalue weighted by atomic mass is 16.5. The van der Waals surface area contributed by atoms with E-state index in [9.17, 15) is 0 Å². The highest BCUT2D eigenvalue weighted by Gasteiger charge is 2.17. The van der Waals surface area contributed by atoms with Crippen molar-refractivity contribution in [3.63, 3.8) is 0 Å². The van der Waals surface area contributed by atoms with Crippen LogP contribution in [-0.4, -0.2) is 55.2 Å². The van der Waals surface area contributed by atoms with E-state index in [4.69, 9.17) is 4.74 Å². The molecule has 122 valence electrons. The number of likely N-dealkylation sites (N-methyl/N-ethyl adjacent to an activating group) is 1. The Labute approximate surface area is 137 Å². The van der Waals surface area contributed by atoms with Crippen LogP contribution in [0.5, 0.6) is 5.75 Å². The first kappa shape index (κ1) is 15.6. The standard InChI is InChI=1S/C17H23N5O/c1-13-11-16(19-14-5-4-6-15(12-14)23-3)20-17(18-13)22-9-7-21(2)8-10-22/h4-6,11-12H,7-10H2,1-3H3,(H,18,19,20). The van der Waals surface area contributed by atoms with Crippen LogP contribution in [0, 0.1) is 6.92 Å². The van der Waals surface area contributed by atoms with Crippen LogP contribution >= 0.6 is 0 Å². The summed E-state index contributed by atoms with van der Waals surface area (Å²) in [4.78, 5) is 13.8. The topological polar surface area (TPSA) is 53.5 Å². The van der Waals surface area contributed by atoms with Crippen molar-refractivity contribution in [3.05, 3.63) is 36.0 Å². The van der Waals surface area contributed by atoms with Crippen LogP contribution in [0.15, 0.2) is 30.3 Å². The average molecular weight is 313 g/mol.